The number of rotatable bonds is 3. The Morgan fingerprint density at radius 2 is 2.15 bits per heavy atom. The summed E-state index contributed by atoms with van der Waals surface area (Å²) in [6.45, 7) is 1.53. The number of aryl methyl sites for hydroxylation is 1. The highest BCUT2D eigenvalue weighted by Crippen LogP contribution is 2.35. The SMILES string of the molecule is Cc1nc(N)sc1S(=O)(=O)Nc1c(Cl)cc(F)cc1Br. The zero-order chi connectivity index (χ0) is 15.1. The lowest BCUT2D eigenvalue weighted by Crippen LogP contribution is -2.13. The van der Waals surface area contributed by atoms with Crippen LogP contribution in [-0.2, 0) is 10.0 Å². The van der Waals surface area contributed by atoms with Crippen LogP contribution in [0, 0.1) is 12.7 Å². The first-order valence-electron chi connectivity index (χ1n) is 5.11. The minimum Gasteiger partial charge on any atom is -0.375 e. The van der Waals surface area contributed by atoms with E-state index in [0.29, 0.717) is 0 Å². The molecule has 0 spiro atoms. The highest BCUT2D eigenvalue weighted by molar-refractivity contribution is 9.10. The molecule has 108 valence electrons. The fraction of sp³-hybridized carbons (Fsp3) is 0.100. The summed E-state index contributed by atoms with van der Waals surface area (Å²) in [5.74, 6) is -0.581. The number of nitrogens with two attached hydrogens (primary N) is 1. The van der Waals surface area contributed by atoms with Gasteiger partial charge >= 0.3 is 0 Å². The van der Waals surface area contributed by atoms with E-state index >= 15 is 0 Å². The third kappa shape index (κ3) is 3.05. The lowest BCUT2D eigenvalue weighted by Gasteiger charge is -2.10. The monoisotopic (exact) mass is 399 g/mol. The lowest BCUT2D eigenvalue weighted by atomic mass is 10.3. The zero-order valence-corrected chi connectivity index (χ0v) is 13.9. The number of nitrogens with zero attached hydrogens (tertiary/aromatic N) is 1. The Balaban J connectivity index is 2.46. The molecule has 0 unspecified atom stereocenters. The summed E-state index contributed by atoms with van der Waals surface area (Å²) in [4.78, 5) is 3.85. The van der Waals surface area contributed by atoms with Crippen LogP contribution >= 0.6 is 38.9 Å². The summed E-state index contributed by atoms with van der Waals surface area (Å²) in [5, 5.41) is 0.0859. The van der Waals surface area contributed by atoms with Gasteiger partial charge in [0.2, 0.25) is 0 Å². The molecule has 0 fully saturated rings. The van der Waals surface area contributed by atoms with Gasteiger partial charge in [0.05, 0.1) is 16.4 Å². The summed E-state index contributed by atoms with van der Waals surface area (Å²) in [7, 11) is -3.89. The number of nitrogens with one attached hydrogen (secondary N) is 1. The van der Waals surface area contributed by atoms with Crippen LogP contribution in [0.4, 0.5) is 15.2 Å². The van der Waals surface area contributed by atoms with Crippen LogP contribution in [0.5, 0.6) is 0 Å². The maximum absolute atomic E-state index is 13.1. The van der Waals surface area contributed by atoms with Crippen LogP contribution in [0.25, 0.3) is 0 Å². The molecule has 0 aliphatic heterocycles. The lowest BCUT2D eigenvalue weighted by molar-refractivity contribution is 0.602. The molecule has 1 aromatic heterocycles. The Labute approximate surface area is 132 Å². The molecule has 0 radical (unpaired) electrons. The van der Waals surface area contributed by atoms with Gasteiger partial charge in [-0.2, -0.15) is 0 Å². The van der Waals surface area contributed by atoms with Crippen LogP contribution in [0.1, 0.15) is 5.69 Å². The fourth-order valence-electron chi connectivity index (χ4n) is 1.47. The van der Waals surface area contributed by atoms with E-state index in [1.807, 2.05) is 0 Å². The molecule has 0 saturated heterocycles. The maximum Gasteiger partial charge on any atom is 0.273 e. The van der Waals surface area contributed by atoms with Crippen molar-refractivity contribution in [3.63, 3.8) is 0 Å². The number of thiazole rings is 1. The third-order valence-corrected chi connectivity index (χ3v) is 6.13. The van der Waals surface area contributed by atoms with Crippen molar-refractivity contribution < 1.29 is 12.8 Å². The molecule has 0 aliphatic rings. The van der Waals surface area contributed by atoms with Crippen molar-refractivity contribution in [3.8, 4) is 0 Å². The molecule has 0 bridgehead atoms. The molecule has 2 aromatic rings. The van der Waals surface area contributed by atoms with Crippen molar-refractivity contribution >= 4 is 59.7 Å². The van der Waals surface area contributed by atoms with E-state index in [2.05, 4.69) is 25.6 Å². The van der Waals surface area contributed by atoms with Gasteiger partial charge in [0.25, 0.3) is 10.0 Å². The van der Waals surface area contributed by atoms with E-state index in [0.717, 1.165) is 23.5 Å². The van der Waals surface area contributed by atoms with E-state index in [4.69, 9.17) is 17.3 Å². The minimum atomic E-state index is -3.89. The second-order valence-electron chi connectivity index (χ2n) is 3.77. The largest absolute Gasteiger partial charge is 0.375 e. The molecule has 2 rings (SSSR count). The van der Waals surface area contributed by atoms with Gasteiger partial charge in [0, 0.05) is 4.47 Å². The molecule has 1 aromatic carbocycles. The normalized spacial score (nSPS) is 11.6. The molecule has 0 saturated carbocycles. The highest BCUT2D eigenvalue weighted by atomic mass is 79.9. The number of anilines is 2. The first-order chi connectivity index (χ1) is 9.20. The van der Waals surface area contributed by atoms with Crippen molar-refractivity contribution in [2.45, 2.75) is 11.1 Å². The number of hydrogen-bond acceptors (Lipinski definition) is 5. The van der Waals surface area contributed by atoms with Gasteiger partial charge in [0.1, 0.15) is 5.82 Å². The van der Waals surface area contributed by atoms with E-state index in [1.54, 1.807) is 0 Å². The van der Waals surface area contributed by atoms with E-state index in [1.165, 1.54) is 6.92 Å². The highest BCUT2D eigenvalue weighted by Gasteiger charge is 2.23. The topological polar surface area (TPSA) is 85.1 Å². The maximum atomic E-state index is 13.1. The van der Waals surface area contributed by atoms with Gasteiger partial charge in [-0.05, 0) is 35.0 Å². The van der Waals surface area contributed by atoms with E-state index < -0.39 is 15.8 Å². The number of nitrogen functional groups attached to an aromatic ring is 1. The molecule has 0 atom stereocenters. The van der Waals surface area contributed by atoms with E-state index in [-0.39, 0.29) is 30.2 Å². The molecule has 0 aliphatic carbocycles. The van der Waals surface area contributed by atoms with Gasteiger partial charge in [0.15, 0.2) is 9.34 Å². The molecule has 5 nitrogen and oxygen atoms in total. The summed E-state index contributed by atoms with van der Waals surface area (Å²) in [6.07, 6.45) is 0. The number of halogens is 3. The Bertz CT molecular complexity index is 756. The van der Waals surface area contributed by atoms with Gasteiger partial charge in [-0.3, -0.25) is 4.72 Å². The number of aromatic nitrogens is 1. The predicted octanol–water partition coefficient (Wildman–Crippen LogP) is 3.39. The Hall–Kier alpha value is -0.900. The van der Waals surface area contributed by atoms with Gasteiger partial charge in [-0.1, -0.05) is 22.9 Å². The average Bonchev–Trinajstić information content (AvgIpc) is 2.64. The van der Waals surface area contributed by atoms with Crippen LogP contribution in [-0.4, -0.2) is 13.4 Å². The number of hydrogen-bond donors (Lipinski definition) is 2. The Kier molecular flexibility index (Phi) is 4.24. The molecular formula is C10H8BrClFN3O2S2. The van der Waals surface area contributed by atoms with Gasteiger partial charge in [-0.15, -0.1) is 0 Å². The molecular weight excluding hydrogens is 393 g/mol. The van der Waals surface area contributed by atoms with E-state index in [9.17, 15) is 12.8 Å². The average molecular weight is 401 g/mol. The molecule has 3 N–H and O–H groups in total. The van der Waals surface area contributed by atoms with Crippen LogP contribution in [0.3, 0.4) is 0 Å². The predicted molar refractivity (Wildman–Crippen MR) is 81.2 cm³/mol. The van der Waals surface area contributed by atoms with Crippen molar-refractivity contribution in [2.24, 2.45) is 0 Å². The van der Waals surface area contributed by atoms with Crippen LogP contribution in [0.2, 0.25) is 5.02 Å². The standard InChI is InChI=1S/C10H8BrClFN3O2S2/c1-4-9(19-10(14)15-4)20(17,18)16-8-6(11)2-5(13)3-7(8)12/h2-3,16H,1H3,(H2,14,15). The summed E-state index contributed by atoms with van der Waals surface area (Å²) >= 11 is 9.74. The molecule has 10 heteroatoms. The van der Waals surface area contributed by atoms with Gasteiger partial charge in [-0.25, -0.2) is 17.8 Å². The first kappa shape index (κ1) is 15.5. The Morgan fingerprint density at radius 3 is 2.65 bits per heavy atom. The fourth-order valence-corrected chi connectivity index (χ4v) is 4.96. The van der Waals surface area contributed by atoms with Crippen molar-refractivity contribution in [1.29, 1.82) is 0 Å². The van der Waals surface area contributed by atoms with Crippen molar-refractivity contribution in [1.82, 2.24) is 4.98 Å². The summed E-state index contributed by atoms with van der Waals surface area (Å²) in [5.41, 5.74) is 5.82. The quantitative estimate of drug-likeness (QED) is 0.827. The second-order valence-corrected chi connectivity index (χ2v) is 7.94. The second kappa shape index (κ2) is 5.47. The Morgan fingerprint density at radius 1 is 1.50 bits per heavy atom. The minimum absolute atomic E-state index is 0.0118. The molecule has 20 heavy (non-hydrogen) atoms. The molecule has 1 heterocycles. The summed E-state index contributed by atoms with van der Waals surface area (Å²) < 4.78 is 40.1. The number of benzene rings is 1. The van der Waals surface area contributed by atoms with Gasteiger partial charge < -0.3 is 5.73 Å². The van der Waals surface area contributed by atoms with Crippen LogP contribution < -0.4 is 10.5 Å². The van der Waals surface area contributed by atoms with Crippen LogP contribution in [0.15, 0.2) is 20.8 Å². The van der Waals surface area contributed by atoms with Crippen molar-refractivity contribution in [3.05, 3.63) is 33.1 Å². The first-order valence-corrected chi connectivity index (χ1v) is 8.58. The smallest absolute Gasteiger partial charge is 0.273 e. The van der Waals surface area contributed by atoms with Crippen molar-refractivity contribution in [2.75, 3.05) is 10.5 Å². The zero-order valence-electron chi connectivity index (χ0n) is 9.95. The summed E-state index contributed by atoms with van der Waals surface area (Å²) in [6, 6.07) is 2.12. The third-order valence-electron chi connectivity index (χ3n) is 2.26. The number of sulfonamides is 1. The molecule has 0 amide bonds.